The van der Waals surface area contributed by atoms with Gasteiger partial charge in [0.1, 0.15) is 30.6 Å². The molecule has 0 N–H and O–H groups in total. The second-order valence-electron chi connectivity index (χ2n) is 6.76. The Morgan fingerprint density at radius 3 is 2.15 bits per heavy atom. The maximum atomic E-state index is 4.28. The molecule has 3 aromatic heterocycles. The van der Waals surface area contributed by atoms with Crippen molar-refractivity contribution in [2.45, 2.75) is 59.8 Å². The van der Waals surface area contributed by atoms with Crippen molar-refractivity contribution in [2.75, 3.05) is 0 Å². The van der Waals surface area contributed by atoms with E-state index in [4.69, 9.17) is 0 Å². The van der Waals surface area contributed by atoms with Crippen molar-refractivity contribution in [3.8, 4) is 0 Å². The largest absolute Gasteiger partial charge is 0.335 e. The Morgan fingerprint density at radius 2 is 1.50 bits per heavy atom. The van der Waals surface area contributed by atoms with Crippen molar-refractivity contribution in [2.24, 2.45) is 7.05 Å². The normalized spacial score (nSPS) is 10.9. The van der Waals surface area contributed by atoms with E-state index in [2.05, 4.69) is 86.6 Å². The average molecular weight is 431 g/mol. The molecule has 0 unspecified atom stereocenters. The minimum atomic E-state index is 0. The molecule has 7 heteroatoms. The standard InChI is InChI=1S/C19H30N6.Y/c1-17-20-7-12-22(17)8-5-10-24-15-16-25(19(24)3)11-6-9-23-14-13-21(4)18(23)2;/h7,12-16H,5-6,8-11H2,1-4H3;/q+2;. The molecule has 0 amide bonds. The van der Waals surface area contributed by atoms with Crippen molar-refractivity contribution in [1.82, 2.24) is 18.7 Å². The van der Waals surface area contributed by atoms with Crippen LogP contribution in [0.1, 0.15) is 30.3 Å². The van der Waals surface area contributed by atoms with Gasteiger partial charge >= 0.3 is 0 Å². The Balaban J connectivity index is 0.00000243. The molecular formula is C19H30N6Y+2. The first-order valence-electron chi connectivity index (χ1n) is 9.10. The topological polar surface area (TPSA) is 35.4 Å². The van der Waals surface area contributed by atoms with Crippen molar-refractivity contribution in [1.29, 1.82) is 0 Å². The summed E-state index contributed by atoms with van der Waals surface area (Å²) in [5.74, 6) is 3.72. The van der Waals surface area contributed by atoms with Crippen LogP contribution in [0.3, 0.4) is 0 Å². The third kappa shape index (κ3) is 4.92. The SMILES string of the molecule is Cc1nccn1CCCn1cc[n+](CCCn2cc[n+](C)c2C)c1C.[Y]. The van der Waals surface area contributed by atoms with E-state index in [1.807, 2.05) is 6.20 Å². The van der Waals surface area contributed by atoms with Gasteiger partial charge in [0.05, 0.1) is 26.7 Å². The maximum Gasteiger partial charge on any atom is 0.253 e. The average Bonchev–Trinajstić information content (AvgIpc) is 3.25. The Labute approximate surface area is 181 Å². The monoisotopic (exact) mass is 431 g/mol. The number of aromatic nitrogens is 6. The molecule has 0 aliphatic carbocycles. The molecule has 0 fully saturated rings. The van der Waals surface area contributed by atoms with E-state index in [-0.39, 0.29) is 32.7 Å². The van der Waals surface area contributed by atoms with Crippen molar-refractivity contribution >= 4 is 0 Å². The fourth-order valence-corrected chi connectivity index (χ4v) is 3.31. The zero-order valence-corrected chi connectivity index (χ0v) is 19.3. The van der Waals surface area contributed by atoms with E-state index in [1.165, 1.54) is 11.6 Å². The third-order valence-corrected chi connectivity index (χ3v) is 5.17. The summed E-state index contributed by atoms with van der Waals surface area (Å²) in [6.07, 6.45) is 14.9. The van der Waals surface area contributed by atoms with Gasteiger partial charge in [-0.1, -0.05) is 0 Å². The van der Waals surface area contributed by atoms with Gasteiger partial charge in [0, 0.05) is 78.3 Å². The van der Waals surface area contributed by atoms with Gasteiger partial charge in [0.2, 0.25) is 0 Å². The number of rotatable bonds is 8. The van der Waals surface area contributed by atoms with E-state index in [0.29, 0.717) is 0 Å². The predicted octanol–water partition coefficient (Wildman–Crippen LogP) is 1.70. The molecule has 0 atom stereocenters. The van der Waals surface area contributed by atoms with Crippen LogP contribution in [0.5, 0.6) is 0 Å². The molecule has 0 spiro atoms. The van der Waals surface area contributed by atoms with Crippen LogP contribution in [0.2, 0.25) is 0 Å². The summed E-state index contributed by atoms with van der Waals surface area (Å²) in [6, 6.07) is 0. The molecule has 0 bridgehead atoms. The van der Waals surface area contributed by atoms with Crippen LogP contribution in [0.25, 0.3) is 0 Å². The summed E-state index contributed by atoms with van der Waals surface area (Å²) in [5, 5.41) is 0. The van der Waals surface area contributed by atoms with Gasteiger partial charge in [-0.25, -0.2) is 23.3 Å². The van der Waals surface area contributed by atoms with E-state index >= 15 is 0 Å². The van der Waals surface area contributed by atoms with E-state index in [0.717, 1.165) is 44.8 Å². The number of nitrogens with zero attached hydrogens (tertiary/aromatic N) is 6. The molecule has 0 saturated carbocycles. The van der Waals surface area contributed by atoms with Crippen LogP contribution in [-0.2, 0) is 65.9 Å². The van der Waals surface area contributed by atoms with Crippen LogP contribution in [0, 0.1) is 20.8 Å². The molecule has 26 heavy (non-hydrogen) atoms. The molecule has 6 nitrogen and oxygen atoms in total. The van der Waals surface area contributed by atoms with Crippen LogP contribution in [0.4, 0.5) is 0 Å². The fourth-order valence-electron chi connectivity index (χ4n) is 3.31. The van der Waals surface area contributed by atoms with Crippen LogP contribution < -0.4 is 9.13 Å². The molecule has 0 saturated heterocycles. The number of hydrogen-bond acceptors (Lipinski definition) is 1. The molecule has 3 aromatic rings. The Kier molecular flexibility index (Phi) is 7.77. The quantitative estimate of drug-likeness (QED) is 0.500. The van der Waals surface area contributed by atoms with Crippen molar-refractivity contribution in [3.63, 3.8) is 0 Å². The molecule has 0 aliphatic rings. The summed E-state index contributed by atoms with van der Waals surface area (Å²) in [7, 11) is 2.09. The molecule has 0 aliphatic heterocycles. The molecular weight excluding hydrogens is 401 g/mol. The first kappa shape index (κ1) is 21.0. The van der Waals surface area contributed by atoms with Gasteiger partial charge in [-0.2, -0.15) is 0 Å². The van der Waals surface area contributed by atoms with Gasteiger partial charge in [-0.15, -0.1) is 0 Å². The Morgan fingerprint density at radius 1 is 0.846 bits per heavy atom. The molecule has 1 radical (unpaired) electrons. The smallest absolute Gasteiger partial charge is 0.253 e. The molecule has 3 rings (SSSR count). The number of hydrogen-bond donors (Lipinski definition) is 0. The number of imidazole rings is 3. The molecule has 3 heterocycles. The zero-order chi connectivity index (χ0) is 17.8. The Hall–Kier alpha value is -1.27. The van der Waals surface area contributed by atoms with Crippen LogP contribution in [-0.4, -0.2) is 18.7 Å². The van der Waals surface area contributed by atoms with E-state index in [9.17, 15) is 0 Å². The number of aryl methyl sites for hydroxylation is 6. The first-order valence-corrected chi connectivity index (χ1v) is 9.10. The van der Waals surface area contributed by atoms with Crippen molar-refractivity contribution < 1.29 is 41.8 Å². The zero-order valence-electron chi connectivity index (χ0n) is 16.5. The van der Waals surface area contributed by atoms with Crippen LogP contribution in [0.15, 0.2) is 37.2 Å². The summed E-state index contributed by atoms with van der Waals surface area (Å²) >= 11 is 0. The van der Waals surface area contributed by atoms with E-state index in [1.54, 1.807) is 0 Å². The second-order valence-corrected chi connectivity index (χ2v) is 6.76. The molecule has 137 valence electrons. The summed E-state index contributed by atoms with van der Waals surface area (Å²) in [5.41, 5.74) is 0. The third-order valence-electron chi connectivity index (χ3n) is 5.17. The van der Waals surface area contributed by atoms with E-state index < -0.39 is 0 Å². The van der Waals surface area contributed by atoms with Gasteiger partial charge in [-0.05, 0) is 6.92 Å². The minimum Gasteiger partial charge on any atom is -0.335 e. The van der Waals surface area contributed by atoms with Gasteiger partial charge < -0.3 is 4.57 Å². The summed E-state index contributed by atoms with van der Waals surface area (Å²) in [4.78, 5) is 4.28. The van der Waals surface area contributed by atoms with Gasteiger partial charge in [-0.3, -0.25) is 0 Å². The maximum absolute atomic E-state index is 4.28. The van der Waals surface area contributed by atoms with Gasteiger partial charge in [0.15, 0.2) is 0 Å². The summed E-state index contributed by atoms with van der Waals surface area (Å²) in [6.45, 7) is 10.6. The first-order chi connectivity index (χ1) is 12.1. The molecule has 0 aromatic carbocycles. The van der Waals surface area contributed by atoms with Crippen LogP contribution >= 0.6 is 0 Å². The van der Waals surface area contributed by atoms with Gasteiger partial charge in [0.25, 0.3) is 11.6 Å². The summed E-state index contributed by atoms with van der Waals surface area (Å²) < 4.78 is 11.4. The Bertz CT molecular complexity index is 829. The predicted molar refractivity (Wildman–Crippen MR) is 95.9 cm³/mol. The van der Waals surface area contributed by atoms with Crippen molar-refractivity contribution in [3.05, 3.63) is 54.7 Å². The minimum absolute atomic E-state index is 0. The fraction of sp³-hybridized carbons (Fsp3) is 0.526. The second kappa shape index (κ2) is 9.61.